The van der Waals surface area contributed by atoms with Crippen molar-refractivity contribution >= 4 is 23.9 Å². The number of aliphatic carboxylic acids is 2. The molecule has 0 amide bonds. The number of carbonyl (C=O) groups is 4. The molecule has 104 valence electrons. The normalized spacial score (nSPS) is 16.7. The van der Waals surface area contributed by atoms with Gasteiger partial charge in [-0.05, 0) is 0 Å². The second kappa shape index (κ2) is 10.2. The van der Waals surface area contributed by atoms with Crippen LogP contribution in [-0.4, -0.2) is 34.1 Å². The third-order valence-electron chi connectivity index (χ3n) is 1.64. The first-order chi connectivity index (χ1) is 8.32. The number of carbonyl (C=O) groups excluding carboxylic acids is 2. The van der Waals surface area contributed by atoms with Crippen molar-refractivity contribution in [2.24, 2.45) is 5.92 Å². The molecule has 1 atom stereocenters. The Morgan fingerprint density at radius 1 is 1.17 bits per heavy atom. The topological polar surface area (TPSA) is 118 Å². The van der Waals surface area contributed by atoms with Crippen LogP contribution < -0.4 is 0 Å². The van der Waals surface area contributed by atoms with Gasteiger partial charge in [0.05, 0.1) is 25.2 Å². The Morgan fingerprint density at radius 2 is 1.56 bits per heavy atom. The van der Waals surface area contributed by atoms with E-state index in [4.69, 9.17) is 10.2 Å². The zero-order valence-corrected chi connectivity index (χ0v) is 10.6. The fourth-order valence-corrected chi connectivity index (χ4v) is 0.802. The van der Waals surface area contributed by atoms with Gasteiger partial charge in [0, 0.05) is 0 Å². The molecule has 0 aromatic rings. The van der Waals surface area contributed by atoms with Gasteiger partial charge in [0.2, 0.25) is 0 Å². The molecule has 7 nitrogen and oxygen atoms in total. The van der Waals surface area contributed by atoms with Crippen LogP contribution in [0, 0.1) is 5.92 Å². The highest BCUT2D eigenvalue weighted by Crippen LogP contribution is 2.13. The number of cyclic esters (lactones) is 2. The Labute approximate surface area is 105 Å². The Kier molecular flexibility index (Phi) is 10.5. The van der Waals surface area contributed by atoms with E-state index in [0.29, 0.717) is 0 Å². The summed E-state index contributed by atoms with van der Waals surface area (Å²) in [4.78, 5) is 39.8. The highest BCUT2D eigenvalue weighted by atomic mass is 16.6. The van der Waals surface area contributed by atoms with Crippen LogP contribution in [0.5, 0.6) is 0 Å². The third kappa shape index (κ3) is 10.6. The van der Waals surface area contributed by atoms with E-state index in [-0.39, 0.29) is 25.2 Å². The molecule has 1 unspecified atom stereocenters. The number of carboxylic acids is 2. The molecule has 0 aliphatic carbocycles. The molecule has 1 aliphatic rings. The van der Waals surface area contributed by atoms with Crippen LogP contribution in [0.4, 0.5) is 0 Å². The summed E-state index contributed by atoms with van der Waals surface area (Å²) in [6.07, 6.45) is -0.344. The van der Waals surface area contributed by atoms with Crippen molar-refractivity contribution in [1.82, 2.24) is 0 Å². The highest BCUT2D eigenvalue weighted by molar-refractivity contribution is 5.94. The second-order valence-corrected chi connectivity index (χ2v) is 3.19. The van der Waals surface area contributed by atoms with Crippen LogP contribution in [0.3, 0.4) is 0 Å². The highest BCUT2D eigenvalue weighted by Gasteiger charge is 2.28. The van der Waals surface area contributed by atoms with Crippen LogP contribution in [0.1, 0.15) is 40.0 Å². The van der Waals surface area contributed by atoms with Crippen molar-refractivity contribution in [3.8, 4) is 0 Å². The standard InChI is InChI=1S/C5H6O3.C4H6O4.C2H6/c1-3-2-4(6)8-5(3)7;5-3(6)1-2-4(7)8;1-2/h3H,2H2,1H3;1-2H2,(H,5,6)(H,7,8);1-2H3. The maximum Gasteiger partial charge on any atom is 0.316 e. The van der Waals surface area contributed by atoms with Gasteiger partial charge in [-0.25, -0.2) is 0 Å². The van der Waals surface area contributed by atoms with Crippen LogP contribution in [-0.2, 0) is 23.9 Å². The molecule has 1 fully saturated rings. The molecule has 0 bridgehead atoms. The molecule has 1 aliphatic heterocycles. The summed E-state index contributed by atoms with van der Waals surface area (Å²) in [5.74, 6) is -3.17. The first-order valence-corrected chi connectivity index (χ1v) is 5.51. The van der Waals surface area contributed by atoms with Crippen molar-refractivity contribution in [1.29, 1.82) is 0 Å². The number of hydrogen-bond acceptors (Lipinski definition) is 5. The molecule has 0 spiro atoms. The molecule has 1 rings (SSSR count). The van der Waals surface area contributed by atoms with Gasteiger partial charge in [-0.15, -0.1) is 0 Å². The lowest BCUT2D eigenvalue weighted by Crippen LogP contribution is -2.01. The van der Waals surface area contributed by atoms with Gasteiger partial charge in [0.15, 0.2) is 0 Å². The molecular weight excluding hydrogens is 244 g/mol. The number of hydrogen-bond donors (Lipinski definition) is 2. The lowest BCUT2D eigenvalue weighted by Gasteiger charge is -1.86. The maximum atomic E-state index is 10.3. The molecule has 0 aromatic heterocycles. The van der Waals surface area contributed by atoms with Gasteiger partial charge < -0.3 is 14.9 Å². The zero-order chi connectivity index (χ0) is 14.7. The SMILES string of the molecule is CC.CC1CC(=O)OC1=O.O=C(O)CCC(=O)O. The van der Waals surface area contributed by atoms with Crippen LogP contribution in [0.25, 0.3) is 0 Å². The lowest BCUT2D eigenvalue weighted by atomic mass is 10.1. The summed E-state index contributed by atoms with van der Waals surface area (Å²) in [6.45, 7) is 5.67. The molecule has 7 heteroatoms. The van der Waals surface area contributed by atoms with Gasteiger partial charge in [-0.2, -0.15) is 0 Å². The monoisotopic (exact) mass is 262 g/mol. The molecule has 0 radical (unpaired) electrons. The van der Waals surface area contributed by atoms with Crippen molar-refractivity contribution in [2.45, 2.75) is 40.0 Å². The van der Waals surface area contributed by atoms with Crippen molar-refractivity contribution in [3.05, 3.63) is 0 Å². The Balaban J connectivity index is 0. The minimum Gasteiger partial charge on any atom is -0.481 e. The average molecular weight is 262 g/mol. The number of carboxylic acid groups (broad SMARTS) is 2. The van der Waals surface area contributed by atoms with E-state index in [0.717, 1.165) is 0 Å². The predicted octanol–water partition coefficient (Wildman–Crippen LogP) is 1.06. The first-order valence-electron chi connectivity index (χ1n) is 5.51. The van der Waals surface area contributed by atoms with E-state index in [1.54, 1.807) is 6.92 Å². The van der Waals surface area contributed by atoms with Crippen molar-refractivity contribution < 1.29 is 34.1 Å². The summed E-state index contributed by atoms with van der Waals surface area (Å²) in [6, 6.07) is 0. The summed E-state index contributed by atoms with van der Waals surface area (Å²) < 4.78 is 4.20. The maximum absolute atomic E-state index is 10.3. The van der Waals surface area contributed by atoms with Crippen LogP contribution in [0.2, 0.25) is 0 Å². The summed E-state index contributed by atoms with van der Waals surface area (Å²) in [5.41, 5.74) is 0. The minimum atomic E-state index is -1.08. The lowest BCUT2D eigenvalue weighted by molar-refractivity contribution is -0.153. The van der Waals surface area contributed by atoms with Gasteiger partial charge in [-0.3, -0.25) is 19.2 Å². The van der Waals surface area contributed by atoms with Gasteiger partial charge in [0.25, 0.3) is 0 Å². The number of esters is 2. The molecular formula is C11H18O7. The van der Waals surface area contributed by atoms with Crippen molar-refractivity contribution in [3.63, 3.8) is 0 Å². The second-order valence-electron chi connectivity index (χ2n) is 3.19. The zero-order valence-electron chi connectivity index (χ0n) is 10.6. The summed E-state index contributed by atoms with van der Waals surface area (Å²) in [5, 5.41) is 15.8. The van der Waals surface area contributed by atoms with Crippen LogP contribution >= 0.6 is 0 Å². The third-order valence-corrected chi connectivity index (χ3v) is 1.64. The quantitative estimate of drug-likeness (QED) is 0.576. The summed E-state index contributed by atoms with van der Waals surface area (Å²) in [7, 11) is 0. The van der Waals surface area contributed by atoms with Crippen LogP contribution in [0.15, 0.2) is 0 Å². The van der Waals surface area contributed by atoms with E-state index in [2.05, 4.69) is 4.74 Å². The molecule has 18 heavy (non-hydrogen) atoms. The number of rotatable bonds is 3. The van der Waals surface area contributed by atoms with Crippen molar-refractivity contribution in [2.75, 3.05) is 0 Å². The van der Waals surface area contributed by atoms with E-state index >= 15 is 0 Å². The average Bonchev–Trinajstić information content (AvgIpc) is 2.57. The smallest absolute Gasteiger partial charge is 0.316 e. The number of ether oxygens (including phenoxy) is 1. The molecule has 1 heterocycles. The molecule has 0 saturated carbocycles. The van der Waals surface area contributed by atoms with E-state index < -0.39 is 23.9 Å². The summed E-state index contributed by atoms with van der Waals surface area (Å²) >= 11 is 0. The Bertz CT molecular complexity index is 295. The van der Waals surface area contributed by atoms with Gasteiger partial charge in [0.1, 0.15) is 0 Å². The Hall–Kier alpha value is -1.92. The fraction of sp³-hybridized carbons (Fsp3) is 0.636. The minimum absolute atomic E-state index is 0.220. The fourth-order valence-electron chi connectivity index (χ4n) is 0.802. The van der Waals surface area contributed by atoms with Gasteiger partial charge in [-0.1, -0.05) is 20.8 Å². The van der Waals surface area contributed by atoms with E-state index in [9.17, 15) is 19.2 Å². The molecule has 2 N–H and O–H groups in total. The largest absolute Gasteiger partial charge is 0.481 e. The van der Waals surface area contributed by atoms with Gasteiger partial charge >= 0.3 is 23.9 Å². The predicted molar refractivity (Wildman–Crippen MR) is 60.7 cm³/mol. The first kappa shape index (κ1) is 18.4. The molecule has 0 aromatic carbocycles. The Morgan fingerprint density at radius 3 is 1.67 bits per heavy atom. The molecule has 1 saturated heterocycles. The van der Waals surface area contributed by atoms with E-state index in [1.807, 2.05) is 13.8 Å². The van der Waals surface area contributed by atoms with E-state index in [1.165, 1.54) is 0 Å².